The third-order valence-corrected chi connectivity index (χ3v) is 10.00. The molecule has 9 nitrogen and oxygen atoms in total. The molecule has 0 spiro atoms. The molecule has 0 aliphatic carbocycles. The number of piperazine rings is 1. The summed E-state index contributed by atoms with van der Waals surface area (Å²) in [6.45, 7) is 2.91. The number of aromatic nitrogens is 2. The first-order chi connectivity index (χ1) is 23.6. The molecule has 1 aromatic heterocycles. The minimum atomic E-state index is -4.50. The number of halogens is 4. The first kappa shape index (κ1) is 34.4. The third kappa shape index (κ3) is 7.44. The van der Waals surface area contributed by atoms with Gasteiger partial charge in [-0.05, 0) is 62.9 Å². The van der Waals surface area contributed by atoms with Crippen LogP contribution in [0.2, 0.25) is 0 Å². The molecule has 3 atom stereocenters. The zero-order valence-corrected chi connectivity index (χ0v) is 27.8. The molecule has 2 saturated heterocycles. The van der Waals surface area contributed by atoms with E-state index in [1.165, 1.54) is 4.90 Å². The minimum absolute atomic E-state index is 0.00423. The van der Waals surface area contributed by atoms with E-state index >= 15 is 0 Å². The van der Waals surface area contributed by atoms with Crippen molar-refractivity contribution in [3.63, 3.8) is 0 Å². The normalized spacial score (nSPS) is 22.0. The molecular formula is C36H41F4N7O2. The number of carbonyl (C=O) groups excluding carboxylic acids is 1. The van der Waals surface area contributed by atoms with Gasteiger partial charge in [0, 0.05) is 54.9 Å². The van der Waals surface area contributed by atoms with Gasteiger partial charge in [0.25, 0.3) is 0 Å². The second kappa shape index (κ2) is 14.6. The highest BCUT2D eigenvalue weighted by molar-refractivity contribution is 5.97. The van der Waals surface area contributed by atoms with Gasteiger partial charge in [-0.1, -0.05) is 30.3 Å². The Morgan fingerprint density at radius 1 is 1.08 bits per heavy atom. The summed E-state index contributed by atoms with van der Waals surface area (Å²) in [5.74, 6) is -1.79. The van der Waals surface area contributed by atoms with Crippen LogP contribution in [0.25, 0.3) is 10.8 Å². The summed E-state index contributed by atoms with van der Waals surface area (Å²) in [4.78, 5) is 29.8. The molecule has 0 unspecified atom stereocenters. The number of carbonyl (C=O) groups is 1. The van der Waals surface area contributed by atoms with Gasteiger partial charge in [-0.3, -0.25) is 4.79 Å². The Morgan fingerprint density at radius 2 is 1.88 bits per heavy atom. The number of rotatable bonds is 8. The van der Waals surface area contributed by atoms with Gasteiger partial charge in [-0.25, -0.2) is 4.39 Å². The first-order valence-corrected chi connectivity index (χ1v) is 16.7. The summed E-state index contributed by atoms with van der Waals surface area (Å²) >= 11 is 0. The van der Waals surface area contributed by atoms with Gasteiger partial charge in [0.2, 0.25) is 5.91 Å². The van der Waals surface area contributed by atoms with E-state index in [9.17, 15) is 27.6 Å². The summed E-state index contributed by atoms with van der Waals surface area (Å²) in [5.41, 5.74) is 2.51. The average Bonchev–Trinajstić information content (AvgIpc) is 3.38. The standard InChI is InChI=1S/C36H41F4N7O2/c1-24-7-3-8-25-9-4-11-31(33(24)25)46-20-26(36(38,39)40)19-29-30(22-46)42-35(49-23-28-10-6-16-44(28)2)43-34(29)45-17-18-47(27(21-45)13-15-41)32(48)12-5-14-37/h3-5,7-9,11-12,26-28H,6,10,13-14,16-23H2,1-2H3/b12-5+/t26-,27-,28-/m0/s1. The number of aryl methyl sites for hydroxylation is 1. The molecule has 0 saturated carbocycles. The van der Waals surface area contributed by atoms with Crippen molar-refractivity contribution in [1.29, 1.82) is 5.26 Å². The van der Waals surface area contributed by atoms with Gasteiger partial charge in [0.1, 0.15) is 19.1 Å². The highest BCUT2D eigenvalue weighted by atomic mass is 19.4. The van der Waals surface area contributed by atoms with Crippen LogP contribution >= 0.6 is 0 Å². The minimum Gasteiger partial charge on any atom is -0.462 e. The van der Waals surface area contributed by atoms with Crippen molar-refractivity contribution in [3.05, 3.63) is 65.4 Å². The van der Waals surface area contributed by atoms with Crippen molar-refractivity contribution in [3.8, 4) is 12.1 Å². The number of alkyl halides is 4. The Kier molecular flexibility index (Phi) is 10.2. The maximum atomic E-state index is 14.9. The molecule has 3 aromatic rings. The largest absolute Gasteiger partial charge is 0.462 e. The van der Waals surface area contributed by atoms with Crippen LogP contribution in [0.15, 0.2) is 48.6 Å². The molecule has 0 N–H and O–H groups in total. The Labute approximate surface area is 283 Å². The van der Waals surface area contributed by atoms with Crippen molar-refractivity contribution >= 4 is 28.2 Å². The number of nitrogens with zero attached hydrogens (tertiary/aromatic N) is 7. The number of amides is 1. The van der Waals surface area contributed by atoms with Gasteiger partial charge < -0.3 is 24.3 Å². The number of hydrogen-bond donors (Lipinski definition) is 0. The lowest BCUT2D eigenvalue weighted by Crippen LogP contribution is -2.55. The molecule has 49 heavy (non-hydrogen) atoms. The van der Waals surface area contributed by atoms with E-state index < -0.39 is 30.7 Å². The van der Waals surface area contributed by atoms with Gasteiger partial charge in [-0.2, -0.15) is 28.4 Å². The molecule has 0 radical (unpaired) electrons. The molecule has 2 aromatic carbocycles. The van der Waals surface area contributed by atoms with E-state index in [0.717, 1.165) is 47.9 Å². The summed E-state index contributed by atoms with van der Waals surface area (Å²) in [7, 11) is 2.03. The molecule has 6 rings (SSSR count). The van der Waals surface area contributed by atoms with E-state index in [4.69, 9.17) is 14.7 Å². The van der Waals surface area contributed by atoms with Crippen LogP contribution in [0.5, 0.6) is 6.01 Å². The van der Waals surface area contributed by atoms with Crippen LogP contribution in [0.1, 0.15) is 36.1 Å². The van der Waals surface area contributed by atoms with Crippen molar-refractivity contribution < 1.29 is 27.1 Å². The van der Waals surface area contributed by atoms with E-state index in [0.29, 0.717) is 29.4 Å². The third-order valence-electron chi connectivity index (χ3n) is 10.00. The number of nitriles is 1. The van der Waals surface area contributed by atoms with Gasteiger partial charge in [0.15, 0.2) is 0 Å². The van der Waals surface area contributed by atoms with Gasteiger partial charge >= 0.3 is 12.2 Å². The fourth-order valence-corrected chi connectivity index (χ4v) is 7.37. The predicted molar refractivity (Wildman–Crippen MR) is 179 cm³/mol. The lowest BCUT2D eigenvalue weighted by Gasteiger charge is -2.41. The molecule has 0 bridgehead atoms. The second-order valence-electron chi connectivity index (χ2n) is 13.2. The van der Waals surface area contributed by atoms with Crippen molar-refractivity contribution in [1.82, 2.24) is 19.8 Å². The molecule has 1 amide bonds. The van der Waals surface area contributed by atoms with Crippen molar-refractivity contribution in [2.45, 2.75) is 57.4 Å². The molecule has 3 aliphatic rings. The van der Waals surface area contributed by atoms with Gasteiger partial charge in [-0.15, -0.1) is 0 Å². The molecule has 13 heteroatoms. The highest BCUT2D eigenvalue weighted by Crippen LogP contribution is 2.41. The van der Waals surface area contributed by atoms with E-state index in [1.54, 1.807) is 4.90 Å². The average molecular weight is 680 g/mol. The maximum Gasteiger partial charge on any atom is 0.393 e. The van der Waals surface area contributed by atoms with Crippen LogP contribution in [0.3, 0.4) is 0 Å². The summed E-state index contributed by atoms with van der Waals surface area (Å²) in [6, 6.07) is 13.4. The summed E-state index contributed by atoms with van der Waals surface area (Å²) in [5, 5.41) is 11.4. The summed E-state index contributed by atoms with van der Waals surface area (Å²) in [6.07, 6.45) is -0.566. The van der Waals surface area contributed by atoms with Crippen LogP contribution < -0.4 is 14.5 Å². The number of ether oxygens (including phenoxy) is 1. The molecule has 3 aliphatic heterocycles. The second-order valence-corrected chi connectivity index (χ2v) is 13.2. The van der Waals surface area contributed by atoms with Crippen LogP contribution in [0.4, 0.5) is 29.1 Å². The quantitative estimate of drug-likeness (QED) is 0.225. The van der Waals surface area contributed by atoms with Crippen LogP contribution in [0, 0.1) is 24.2 Å². The maximum absolute atomic E-state index is 14.9. The van der Waals surface area contributed by atoms with Crippen LogP contribution in [-0.2, 0) is 17.8 Å². The first-order valence-electron chi connectivity index (χ1n) is 16.7. The van der Waals surface area contributed by atoms with Gasteiger partial charge in [0.05, 0.1) is 36.7 Å². The Morgan fingerprint density at radius 3 is 2.59 bits per heavy atom. The molecule has 4 heterocycles. The topological polar surface area (TPSA) is 88.8 Å². The Hall–Kier alpha value is -4.44. The lowest BCUT2D eigenvalue weighted by atomic mass is 9.98. The SMILES string of the molecule is Cc1cccc2cccc(N3Cc4nc(OC[C@@H]5CCCN5C)nc(N5CCN(C(=O)/C=C/CF)[C@@H](CC#N)C5)c4C[C@H](C(F)(F)F)C3)c12. The number of hydrogen-bond acceptors (Lipinski definition) is 8. The fraction of sp³-hybridized carbons (Fsp3) is 0.500. The highest BCUT2D eigenvalue weighted by Gasteiger charge is 2.44. The molecule has 2 fully saturated rings. The van der Waals surface area contributed by atoms with Crippen molar-refractivity contribution in [2.75, 3.05) is 62.9 Å². The Bertz CT molecular complexity index is 1740. The predicted octanol–water partition coefficient (Wildman–Crippen LogP) is 5.61. The number of likely N-dealkylation sites (N-methyl/N-ethyl adjacent to an activating group) is 1. The zero-order chi connectivity index (χ0) is 34.7. The molecule has 260 valence electrons. The van der Waals surface area contributed by atoms with E-state index in [2.05, 4.69) is 11.0 Å². The number of benzene rings is 2. The monoisotopic (exact) mass is 679 g/mol. The van der Waals surface area contributed by atoms with Crippen molar-refractivity contribution in [2.24, 2.45) is 5.92 Å². The fourth-order valence-electron chi connectivity index (χ4n) is 7.37. The number of likely N-dealkylation sites (tertiary alicyclic amines) is 1. The van der Waals surface area contributed by atoms with E-state index in [-0.39, 0.29) is 57.6 Å². The smallest absolute Gasteiger partial charge is 0.393 e. The number of fused-ring (bicyclic) bond motifs is 2. The number of allylic oxidation sites excluding steroid dienone is 1. The summed E-state index contributed by atoms with van der Waals surface area (Å²) < 4.78 is 63.6. The van der Waals surface area contributed by atoms with Crippen LogP contribution in [-0.4, -0.2) is 97.0 Å². The number of anilines is 2. The Balaban J connectivity index is 1.43. The molecular weight excluding hydrogens is 638 g/mol. The van der Waals surface area contributed by atoms with E-state index in [1.807, 2.05) is 55.3 Å². The zero-order valence-electron chi connectivity index (χ0n) is 27.8. The lowest BCUT2D eigenvalue weighted by molar-refractivity contribution is -0.171.